The van der Waals surface area contributed by atoms with Gasteiger partial charge in [0, 0.05) is 31.7 Å². The molecule has 1 saturated heterocycles. The number of amides is 1. The molecule has 0 spiro atoms. The summed E-state index contributed by atoms with van der Waals surface area (Å²) >= 11 is 0. The number of methoxy groups -OCH3 is 1. The van der Waals surface area contributed by atoms with Gasteiger partial charge in [-0.25, -0.2) is 0 Å². The van der Waals surface area contributed by atoms with Gasteiger partial charge in [-0.1, -0.05) is 12.1 Å². The van der Waals surface area contributed by atoms with Crippen LogP contribution in [-0.2, 0) is 0 Å². The predicted molar refractivity (Wildman–Crippen MR) is 105 cm³/mol. The van der Waals surface area contributed by atoms with Crippen molar-refractivity contribution in [1.82, 2.24) is 4.90 Å². The van der Waals surface area contributed by atoms with Crippen molar-refractivity contribution in [3.05, 3.63) is 48.0 Å². The van der Waals surface area contributed by atoms with Crippen LogP contribution in [0.5, 0.6) is 17.2 Å². The van der Waals surface area contributed by atoms with Crippen molar-refractivity contribution >= 4 is 11.6 Å². The topological polar surface area (TPSA) is 51.2 Å². The Labute approximate surface area is 168 Å². The Bertz CT molecular complexity index is 839. The molecule has 156 valence electrons. The van der Waals surface area contributed by atoms with Crippen LogP contribution in [0.1, 0.15) is 17.3 Å². The van der Waals surface area contributed by atoms with Crippen molar-refractivity contribution < 1.29 is 27.8 Å². The summed E-state index contributed by atoms with van der Waals surface area (Å²) in [6, 6.07) is 12.1. The Morgan fingerprint density at radius 3 is 2.41 bits per heavy atom. The highest BCUT2D eigenvalue weighted by Crippen LogP contribution is 2.31. The summed E-state index contributed by atoms with van der Waals surface area (Å²) in [7, 11) is 1.34. The molecule has 0 bridgehead atoms. The van der Waals surface area contributed by atoms with Crippen LogP contribution < -0.4 is 19.1 Å². The van der Waals surface area contributed by atoms with Crippen molar-refractivity contribution in [1.29, 1.82) is 0 Å². The molecule has 1 fully saturated rings. The van der Waals surface area contributed by atoms with E-state index in [1.165, 1.54) is 25.3 Å². The van der Waals surface area contributed by atoms with Crippen LogP contribution in [0.25, 0.3) is 0 Å². The Morgan fingerprint density at radius 1 is 1.03 bits per heavy atom. The molecule has 8 heteroatoms. The first-order valence-corrected chi connectivity index (χ1v) is 9.42. The first-order valence-electron chi connectivity index (χ1n) is 9.42. The third-order valence-electron chi connectivity index (χ3n) is 4.70. The van der Waals surface area contributed by atoms with Crippen molar-refractivity contribution in [3.63, 3.8) is 0 Å². The van der Waals surface area contributed by atoms with Gasteiger partial charge in [-0.3, -0.25) is 4.79 Å². The molecule has 1 amide bonds. The molecule has 0 unspecified atom stereocenters. The summed E-state index contributed by atoms with van der Waals surface area (Å²) < 4.78 is 40.1. The fourth-order valence-corrected chi connectivity index (χ4v) is 3.32. The Hall–Kier alpha value is -3.03. The molecule has 1 aliphatic heterocycles. The van der Waals surface area contributed by atoms with Crippen LogP contribution in [0, 0.1) is 0 Å². The minimum absolute atomic E-state index is 0.0976. The highest BCUT2D eigenvalue weighted by Gasteiger charge is 2.24. The lowest BCUT2D eigenvalue weighted by Crippen LogP contribution is -2.48. The Balaban J connectivity index is 1.67. The monoisotopic (exact) mass is 406 g/mol. The SMILES string of the molecule is CCOc1ccccc1N1CCN(C(=O)c2ccc(OC(F)F)c(OC)c2)CC1. The van der Waals surface area contributed by atoms with Gasteiger partial charge in [0.25, 0.3) is 5.91 Å². The summed E-state index contributed by atoms with van der Waals surface area (Å²) in [5.41, 5.74) is 1.38. The van der Waals surface area contributed by atoms with Gasteiger partial charge in [0.2, 0.25) is 0 Å². The second-order valence-electron chi connectivity index (χ2n) is 6.42. The van der Waals surface area contributed by atoms with Crippen LogP contribution in [0.15, 0.2) is 42.5 Å². The number of para-hydroxylation sites is 2. The number of nitrogens with zero attached hydrogens (tertiary/aromatic N) is 2. The maximum Gasteiger partial charge on any atom is 0.387 e. The molecule has 0 N–H and O–H groups in total. The number of benzene rings is 2. The van der Waals surface area contributed by atoms with Crippen LogP contribution in [0.3, 0.4) is 0 Å². The number of alkyl halides is 2. The number of carbonyl (C=O) groups is 1. The van der Waals surface area contributed by atoms with Gasteiger partial charge in [-0.2, -0.15) is 8.78 Å². The summed E-state index contributed by atoms with van der Waals surface area (Å²) in [6.45, 7) is 1.98. The first-order chi connectivity index (χ1) is 14.0. The summed E-state index contributed by atoms with van der Waals surface area (Å²) in [6.07, 6.45) is 0. The van der Waals surface area contributed by atoms with Gasteiger partial charge in [0.1, 0.15) is 5.75 Å². The van der Waals surface area contributed by atoms with Crippen molar-refractivity contribution in [2.24, 2.45) is 0 Å². The second kappa shape index (κ2) is 9.45. The van der Waals surface area contributed by atoms with Gasteiger partial charge >= 0.3 is 6.61 Å². The number of carbonyl (C=O) groups excluding carboxylic acids is 1. The highest BCUT2D eigenvalue weighted by atomic mass is 19.3. The molecule has 2 aromatic rings. The van der Waals surface area contributed by atoms with E-state index in [-0.39, 0.29) is 17.4 Å². The molecule has 1 heterocycles. The van der Waals surface area contributed by atoms with E-state index in [0.717, 1.165) is 11.4 Å². The zero-order chi connectivity index (χ0) is 20.8. The van der Waals surface area contributed by atoms with Crippen LogP contribution in [0.2, 0.25) is 0 Å². The summed E-state index contributed by atoms with van der Waals surface area (Å²) in [4.78, 5) is 16.8. The molecule has 2 aromatic carbocycles. The van der Waals surface area contributed by atoms with E-state index < -0.39 is 6.61 Å². The molecule has 0 radical (unpaired) electrons. The average molecular weight is 406 g/mol. The third kappa shape index (κ3) is 4.88. The average Bonchev–Trinajstić information content (AvgIpc) is 2.74. The second-order valence-corrected chi connectivity index (χ2v) is 6.42. The lowest BCUT2D eigenvalue weighted by Gasteiger charge is -2.36. The molecule has 0 atom stereocenters. The number of hydrogen-bond donors (Lipinski definition) is 0. The molecule has 29 heavy (non-hydrogen) atoms. The van der Waals surface area contributed by atoms with Gasteiger partial charge in [0.15, 0.2) is 11.5 Å². The minimum atomic E-state index is -2.96. The fourth-order valence-electron chi connectivity index (χ4n) is 3.32. The van der Waals surface area contributed by atoms with Crippen LogP contribution >= 0.6 is 0 Å². The quantitative estimate of drug-likeness (QED) is 0.703. The molecular weight excluding hydrogens is 382 g/mol. The lowest BCUT2D eigenvalue weighted by atomic mass is 10.1. The fraction of sp³-hybridized carbons (Fsp3) is 0.381. The van der Waals surface area contributed by atoms with Crippen LogP contribution in [-0.4, -0.2) is 57.3 Å². The predicted octanol–water partition coefficient (Wildman–Crippen LogP) is 3.66. The zero-order valence-electron chi connectivity index (χ0n) is 16.4. The van der Waals surface area contributed by atoms with Crippen LogP contribution in [0.4, 0.5) is 14.5 Å². The molecule has 0 aliphatic carbocycles. The molecule has 0 saturated carbocycles. The summed E-state index contributed by atoms with van der Waals surface area (Å²) in [5.74, 6) is 0.649. The van der Waals surface area contributed by atoms with Gasteiger partial charge in [-0.05, 0) is 37.3 Å². The number of anilines is 1. The highest BCUT2D eigenvalue weighted by molar-refractivity contribution is 5.95. The summed E-state index contributed by atoms with van der Waals surface area (Å²) in [5, 5.41) is 0. The normalized spacial score (nSPS) is 14.1. The smallest absolute Gasteiger partial charge is 0.387 e. The van der Waals surface area contributed by atoms with Crippen molar-refractivity contribution in [2.75, 3.05) is 44.8 Å². The molecule has 6 nitrogen and oxygen atoms in total. The van der Waals surface area contributed by atoms with E-state index in [0.29, 0.717) is 38.3 Å². The Kier molecular flexibility index (Phi) is 6.74. The van der Waals surface area contributed by atoms with E-state index in [1.54, 1.807) is 4.90 Å². The molecule has 3 rings (SSSR count). The lowest BCUT2D eigenvalue weighted by molar-refractivity contribution is -0.0512. The van der Waals surface area contributed by atoms with E-state index in [1.807, 2.05) is 31.2 Å². The zero-order valence-corrected chi connectivity index (χ0v) is 16.4. The van der Waals surface area contributed by atoms with E-state index in [2.05, 4.69) is 9.64 Å². The van der Waals surface area contributed by atoms with E-state index in [4.69, 9.17) is 9.47 Å². The number of ether oxygens (including phenoxy) is 3. The molecule has 0 aromatic heterocycles. The number of rotatable bonds is 7. The largest absolute Gasteiger partial charge is 0.493 e. The number of piperazine rings is 1. The van der Waals surface area contributed by atoms with Crippen molar-refractivity contribution in [3.8, 4) is 17.2 Å². The maximum absolute atomic E-state index is 12.9. The van der Waals surface area contributed by atoms with Gasteiger partial charge in [-0.15, -0.1) is 0 Å². The maximum atomic E-state index is 12.9. The third-order valence-corrected chi connectivity index (χ3v) is 4.70. The van der Waals surface area contributed by atoms with E-state index in [9.17, 15) is 13.6 Å². The van der Waals surface area contributed by atoms with Crippen molar-refractivity contribution in [2.45, 2.75) is 13.5 Å². The van der Waals surface area contributed by atoms with Gasteiger partial charge < -0.3 is 24.0 Å². The van der Waals surface area contributed by atoms with Gasteiger partial charge in [0.05, 0.1) is 19.4 Å². The molecular formula is C21H24F2N2O4. The first kappa shape index (κ1) is 20.7. The Morgan fingerprint density at radius 2 is 1.76 bits per heavy atom. The number of hydrogen-bond acceptors (Lipinski definition) is 5. The van der Waals surface area contributed by atoms with E-state index >= 15 is 0 Å². The molecule has 1 aliphatic rings. The number of halogens is 2. The minimum Gasteiger partial charge on any atom is -0.493 e. The standard InChI is InChI=1S/C21H24F2N2O4/c1-3-28-17-7-5-4-6-16(17)24-10-12-25(13-11-24)20(26)15-8-9-18(29-21(22)23)19(14-15)27-2/h4-9,14,21H,3,10-13H2,1-2H3.